The molecule has 2 aromatic rings. The molecule has 0 bridgehead atoms. The molecule has 0 spiro atoms. The van der Waals surface area contributed by atoms with Crippen molar-refractivity contribution in [1.82, 2.24) is 4.90 Å². The molecule has 0 saturated heterocycles. The minimum Gasteiger partial charge on any atom is -0.323 e. The molecule has 0 aliphatic heterocycles. The van der Waals surface area contributed by atoms with E-state index in [1.54, 1.807) is 0 Å². The van der Waals surface area contributed by atoms with Crippen LogP contribution in [-0.4, -0.2) is 25.0 Å². The maximum atomic E-state index is 6.43. The molecule has 2 nitrogen and oxygen atoms in total. The van der Waals surface area contributed by atoms with E-state index in [2.05, 4.69) is 68.3 Å². The number of rotatable bonds is 6. The molecule has 20 heavy (non-hydrogen) atoms. The van der Waals surface area contributed by atoms with Gasteiger partial charge in [0.05, 0.1) is 0 Å². The van der Waals surface area contributed by atoms with E-state index in [9.17, 15) is 0 Å². The van der Waals surface area contributed by atoms with Crippen LogP contribution in [0.5, 0.6) is 0 Å². The smallest absolute Gasteiger partial charge is 0.0430 e. The summed E-state index contributed by atoms with van der Waals surface area (Å²) < 4.78 is 0. The van der Waals surface area contributed by atoms with Crippen LogP contribution in [0, 0.1) is 5.92 Å². The van der Waals surface area contributed by atoms with Crippen LogP contribution in [0.1, 0.15) is 31.9 Å². The zero-order valence-corrected chi connectivity index (χ0v) is 12.8. The Hall–Kier alpha value is -1.38. The molecular formula is C18H26N2. The van der Waals surface area contributed by atoms with E-state index in [-0.39, 0.29) is 6.04 Å². The minimum atomic E-state index is 0.0678. The molecule has 0 heterocycles. The highest BCUT2D eigenvalue weighted by atomic mass is 15.1. The number of hydrogen-bond donors (Lipinski definition) is 1. The Morgan fingerprint density at radius 1 is 1.05 bits per heavy atom. The maximum absolute atomic E-state index is 6.43. The van der Waals surface area contributed by atoms with Crippen molar-refractivity contribution < 1.29 is 0 Å². The molecular weight excluding hydrogens is 244 g/mol. The molecule has 0 saturated carbocycles. The van der Waals surface area contributed by atoms with E-state index >= 15 is 0 Å². The van der Waals surface area contributed by atoms with Crippen LogP contribution in [0.25, 0.3) is 10.8 Å². The fourth-order valence-electron chi connectivity index (χ4n) is 2.58. The summed E-state index contributed by atoms with van der Waals surface area (Å²) in [4.78, 5) is 2.34. The largest absolute Gasteiger partial charge is 0.323 e. The monoisotopic (exact) mass is 270 g/mol. The van der Waals surface area contributed by atoms with Gasteiger partial charge in [0.1, 0.15) is 0 Å². The van der Waals surface area contributed by atoms with Gasteiger partial charge in [-0.3, -0.25) is 0 Å². The van der Waals surface area contributed by atoms with Crippen LogP contribution in [0.4, 0.5) is 0 Å². The Labute approximate surface area is 122 Å². The highest BCUT2D eigenvalue weighted by molar-refractivity contribution is 5.86. The van der Waals surface area contributed by atoms with Crippen molar-refractivity contribution in [3.63, 3.8) is 0 Å². The molecule has 1 unspecified atom stereocenters. The second kappa shape index (κ2) is 6.87. The van der Waals surface area contributed by atoms with Gasteiger partial charge in [0.25, 0.3) is 0 Å². The molecule has 1 atom stereocenters. The number of fused-ring (bicyclic) bond motifs is 1. The predicted octanol–water partition coefficient (Wildman–Crippen LogP) is 3.82. The second-order valence-corrected chi connectivity index (χ2v) is 6.12. The Balaban J connectivity index is 2.09. The van der Waals surface area contributed by atoms with E-state index in [1.807, 2.05) is 0 Å². The molecule has 2 N–H and O–H groups in total. The molecule has 108 valence electrons. The number of likely N-dealkylation sites (N-methyl/N-ethyl adjacent to an activating group) is 1. The third kappa shape index (κ3) is 3.81. The van der Waals surface area contributed by atoms with E-state index < -0.39 is 0 Å². The van der Waals surface area contributed by atoms with Crippen LogP contribution >= 0.6 is 0 Å². The van der Waals surface area contributed by atoms with Crippen molar-refractivity contribution in [3.05, 3.63) is 48.0 Å². The first-order chi connectivity index (χ1) is 9.58. The molecule has 0 fully saturated rings. The van der Waals surface area contributed by atoms with E-state index in [4.69, 9.17) is 5.73 Å². The van der Waals surface area contributed by atoms with E-state index in [0.717, 1.165) is 19.0 Å². The van der Waals surface area contributed by atoms with E-state index in [0.29, 0.717) is 0 Å². The summed E-state index contributed by atoms with van der Waals surface area (Å²) >= 11 is 0. The third-order valence-electron chi connectivity index (χ3n) is 3.82. The number of benzene rings is 2. The van der Waals surface area contributed by atoms with Gasteiger partial charge in [-0.2, -0.15) is 0 Å². The SMILES string of the molecule is CC(C)CCN(C)CC(N)c1cccc2ccccc12. The number of nitrogens with zero attached hydrogens (tertiary/aromatic N) is 1. The van der Waals surface area contributed by atoms with Crippen LogP contribution in [0.2, 0.25) is 0 Å². The summed E-state index contributed by atoms with van der Waals surface area (Å²) in [5.74, 6) is 0.742. The van der Waals surface area contributed by atoms with Gasteiger partial charge in [-0.05, 0) is 42.3 Å². The fourth-order valence-corrected chi connectivity index (χ4v) is 2.58. The Morgan fingerprint density at radius 2 is 1.75 bits per heavy atom. The summed E-state index contributed by atoms with van der Waals surface area (Å²) in [5, 5.41) is 2.55. The Bertz CT molecular complexity index is 543. The predicted molar refractivity (Wildman–Crippen MR) is 87.8 cm³/mol. The van der Waals surface area contributed by atoms with Crippen molar-refractivity contribution in [2.75, 3.05) is 20.1 Å². The number of hydrogen-bond acceptors (Lipinski definition) is 2. The van der Waals surface area contributed by atoms with Crippen molar-refractivity contribution in [2.45, 2.75) is 26.3 Å². The summed E-state index contributed by atoms with van der Waals surface area (Å²) in [5.41, 5.74) is 7.68. The standard InChI is InChI=1S/C18H26N2/c1-14(2)11-12-20(3)13-18(19)17-10-6-8-15-7-4-5-9-16(15)17/h4-10,14,18H,11-13,19H2,1-3H3. The van der Waals surface area contributed by atoms with Crippen LogP contribution in [-0.2, 0) is 0 Å². The summed E-state index contributed by atoms with van der Waals surface area (Å²) in [7, 11) is 2.16. The van der Waals surface area contributed by atoms with Gasteiger partial charge in [-0.25, -0.2) is 0 Å². The van der Waals surface area contributed by atoms with Crippen molar-refractivity contribution >= 4 is 10.8 Å². The van der Waals surface area contributed by atoms with Gasteiger partial charge in [0.15, 0.2) is 0 Å². The minimum absolute atomic E-state index is 0.0678. The lowest BCUT2D eigenvalue weighted by Gasteiger charge is -2.23. The van der Waals surface area contributed by atoms with Gasteiger partial charge in [-0.15, -0.1) is 0 Å². The molecule has 2 rings (SSSR count). The lowest BCUT2D eigenvalue weighted by atomic mass is 9.99. The van der Waals surface area contributed by atoms with Crippen molar-refractivity contribution in [1.29, 1.82) is 0 Å². The van der Waals surface area contributed by atoms with Gasteiger partial charge in [-0.1, -0.05) is 56.3 Å². The van der Waals surface area contributed by atoms with Gasteiger partial charge in [0, 0.05) is 12.6 Å². The quantitative estimate of drug-likeness (QED) is 0.864. The topological polar surface area (TPSA) is 29.3 Å². The van der Waals surface area contributed by atoms with Crippen LogP contribution in [0.3, 0.4) is 0 Å². The second-order valence-electron chi connectivity index (χ2n) is 6.12. The van der Waals surface area contributed by atoms with Crippen molar-refractivity contribution in [3.8, 4) is 0 Å². The molecule has 0 aromatic heterocycles. The van der Waals surface area contributed by atoms with Crippen molar-refractivity contribution in [2.24, 2.45) is 11.7 Å². The summed E-state index contributed by atoms with van der Waals surface area (Å²) in [6.45, 7) is 6.54. The number of nitrogens with two attached hydrogens (primary N) is 1. The van der Waals surface area contributed by atoms with Crippen LogP contribution in [0.15, 0.2) is 42.5 Å². The van der Waals surface area contributed by atoms with E-state index in [1.165, 1.54) is 22.8 Å². The summed E-state index contributed by atoms with van der Waals surface area (Å²) in [6.07, 6.45) is 1.22. The molecule has 0 aliphatic carbocycles. The van der Waals surface area contributed by atoms with Gasteiger partial charge >= 0.3 is 0 Å². The lowest BCUT2D eigenvalue weighted by Crippen LogP contribution is -2.30. The summed E-state index contributed by atoms with van der Waals surface area (Å²) in [6, 6.07) is 14.9. The Morgan fingerprint density at radius 3 is 2.50 bits per heavy atom. The zero-order chi connectivity index (χ0) is 14.5. The highest BCUT2D eigenvalue weighted by Gasteiger charge is 2.12. The lowest BCUT2D eigenvalue weighted by molar-refractivity contribution is 0.293. The first kappa shape index (κ1) is 15.0. The first-order valence-corrected chi connectivity index (χ1v) is 7.49. The normalized spacial score (nSPS) is 13.3. The molecule has 0 radical (unpaired) electrons. The third-order valence-corrected chi connectivity index (χ3v) is 3.82. The Kier molecular flexibility index (Phi) is 5.16. The van der Waals surface area contributed by atoms with Gasteiger partial charge in [0.2, 0.25) is 0 Å². The molecule has 2 aromatic carbocycles. The average molecular weight is 270 g/mol. The maximum Gasteiger partial charge on any atom is 0.0430 e. The van der Waals surface area contributed by atoms with Crippen LogP contribution < -0.4 is 5.73 Å². The zero-order valence-electron chi connectivity index (χ0n) is 12.8. The average Bonchev–Trinajstić information content (AvgIpc) is 2.44. The molecule has 0 amide bonds. The first-order valence-electron chi connectivity index (χ1n) is 7.49. The fraction of sp³-hybridized carbons (Fsp3) is 0.444. The molecule has 2 heteroatoms. The molecule has 0 aliphatic rings. The van der Waals surface area contributed by atoms with Gasteiger partial charge < -0.3 is 10.6 Å². The highest BCUT2D eigenvalue weighted by Crippen LogP contribution is 2.23.